The van der Waals surface area contributed by atoms with Gasteiger partial charge >= 0.3 is 0 Å². The summed E-state index contributed by atoms with van der Waals surface area (Å²) in [5.41, 5.74) is 1.40. The van der Waals surface area contributed by atoms with Crippen molar-refractivity contribution >= 4 is 28.7 Å². The summed E-state index contributed by atoms with van der Waals surface area (Å²) in [5, 5.41) is 19.5. The average Bonchev–Trinajstić information content (AvgIpc) is 3.09. The van der Waals surface area contributed by atoms with Gasteiger partial charge in [0.15, 0.2) is 17.0 Å². The Morgan fingerprint density at radius 3 is 2.78 bits per heavy atom. The van der Waals surface area contributed by atoms with Crippen LogP contribution in [0.25, 0.3) is 11.2 Å². The maximum atomic E-state index is 9.00. The van der Waals surface area contributed by atoms with Crippen molar-refractivity contribution in [1.29, 1.82) is 0 Å². The van der Waals surface area contributed by atoms with E-state index in [2.05, 4.69) is 44.5 Å². The highest BCUT2D eigenvalue weighted by Crippen LogP contribution is 2.28. The first-order valence-corrected chi connectivity index (χ1v) is 7.44. The van der Waals surface area contributed by atoms with Crippen molar-refractivity contribution in [3.63, 3.8) is 0 Å². The Balaban J connectivity index is 2.09. The highest BCUT2D eigenvalue weighted by molar-refractivity contribution is 5.85. The van der Waals surface area contributed by atoms with E-state index in [9.17, 15) is 0 Å². The summed E-state index contributed by atoms with van der Waals surface area (Å²) in [6.45, 7) is 4.57. The van der Waals surface area contributed by atoms with Crippen molar-refractivity contribution in [2.45, 2.75) is 19.9 Å². The largest absolute Gasteiger partial charge is 0.395 e. The van der Waals surface area contributed by atoms with Crippen LogP contribution in [-0.2, 0) is 7.05 Å². The number of hydrogen-bond donors (Lipinski definition) is 3. The number of aliphatic hydroxyl groups is 1. The summed E-state index contributed by atoms with van der Waals surface area (Å²) in [5.74, 6) is 2.11. The van der Waals surface area contributed by atoms with Crippen molar-refractivity contribution in [1.82, 2.24) is 29.3 Å². The predicted molar refractivity (Wildman–Crippen MR) is 87.8 cm³/mol. The lowest BCUT2D eigenvalue weighted by Crippen LogP contribution is -2.09. The van der Waals surface area contributed by atoms with Gasteiger partial charge in [0.1, 0.15) is 12.1 Å². The lowest BCUT2D eigenvalue weighted by Gasteiger charge is -2.13. The third-order valence-electron chi connectivity index (χ3n) is 3.46. The molecule has 0 aliphatic carbocycles. The molecular weight excluding hydrogens is 296 g/mol. The first-order chi connectivity index (χ1) is 11.1. The van der Waals surface area contributed by atoms with Crippen LogP contribution >= 0.6 is 0 Å². The number of aliphatic hydroxyl groups excluding tert-OH is 1. The zero-order chi connectivity index (χ0) is 16.4. The topological polar surface area (TPSA) is 106 Å². The van der Waals surface area contributed by atoms with Crippen LogP contribution < -0.4 is 10.6 Å². The van der Waals surface area contributed by atoms with Gasteiger partial charge in [-0.05, 0) is 13.8 Å². The number of aryl methyl sites for hydroxylation is 1. The van der Waals surface area contributed by atoms with Gasteiger partial charge < -0.3 is 15.7 Å². The molecule has 0 bridgehead atoms. The van der Waals surface area contributed by atoms with E-state index in [1.165, 1.54) is 6.33 Å². The first kappa shape index (κ1) is 15.2. The molecule has 0 unspecified atom stereocenters. The fourth-order valence-electron chi connectivity index (χ4n) is 2.40. The van der Waals surface area contributed by atoms with Gasteiger partial charge in [-0.15, -0.1) is 0 Å². The lowest BCUT2D eigenvalue weighted by atomic mass is 10.4. The number of rotatable bonds is 6. The third kappa shape index (κ3) is 2.82. The van der Waals surface area contributed by atoms with E-state index < -0.39 is 0 Å². The zero-order valence-electron chi connectivity index (χ0n) is 13.4. The molecule has 23 heavy (non-hydrogen) atoms. The van der Waals surface area contributed by atoms with Crippen LogP contribution in [0.15, 0.2) is 18.6 Å². The molecule has 0 fully saturated rings. The number of hydrogen-bond acceptors (Lipinski definition) is 7. The number of aromatic nitrogens is 6. The van der Waals surface area contributed by atoms with Gasteiger partial charge in [-0.3, -0.25) is 9.25 Å². The standard InChI is InChI=1S/C14H20N8O/c1-9(2)22-13-11(12(15-6-7-23)16-8-17-13)20-14(22)19-10-4-5-18-21(10)3/h4-5,8-9,23H,6-7H2,1-3H3,(H,19,20)(H,15,16,17). The second-order valence-electron chi connectivity index (χ2n) is 5.41. The Morgan fingerprint density at radius 1 is 1.30 bits per heavy atom. The predicted octanol–water partition coefficient (Wildman–Crippen LogP) is 1.29. The SMILES string of the molecule is CC(C)n1c(Nc2ccnn2C)nc2c(NCCO)ncnc21. The smallest absolute Gasteiger partial charge is 0.211 e. The zero-order valence-corrected chi connectivity index (χ0v) is 13.4. The fourth-order valence-corrected chi connectivity index (χ4v) is 2.40. The van der Waals surface area contributed by atoms with Crippen molar-refractivity contribution < 1.29 is 5.11 Å². The summed E-state index contributed by atoms with van der Waals surface area (Å²) >= 11 is 0. The van der Waals surface area contributed by atoms with Crippen LogP contribution in [0, 0.1) is 0 Å². The summed E-state index contributed by atoms with van der Waals surface area (Å²) in [6.07, 6.45) is 3.22. The number of nitrogens with one attached hydrogen (secondary N) is 2. The summed E-state index contributed by atoms with van der Waals surface area (Å²) in [7, 11) is 1.86. The minimum atomic E-state index is 0.0243. The van der Waals surface area contributed by atoms with Crippen LogP contribution in [0.5, 0.6) is 0 Å². The highest BCUT2D eigenvalue weighted by Gasteiger charge is 2.18. The van der Waals surface area contributed by atoms with E-state index in [4.69, 9.17) is 5.11 Å². The van der Waals surface area contributed by atoms with Crippen LogP contribution in [-0.4, -0.2) is 47.6 Å². The Kier molecular flexibility index (Phi) is 4.11. The Bertz CT molecular complexity index is 806. The van der Waals surface area contributed by atoms with Crippen LogP contribution in [0.1, 0.15) is 19.9 Å². The molecule has 9 nitrogen and oxygen atoms in total. The van der Waals surface area contributed by atoms with Crippen molar-refractivity contribution in [2.24, 2.45) is 7.05 Å². The highest BCUT2D eigenvalue weighted by atomic mass is 16.3. The molecule has 3 aromatic rings. The Morgan fingerprint density at radius 2 is 2.13 bits per heavy atom. The summed E-state index contributed by atoms with van der Waals surface area (Å²) < 4.78 is 3.74. The Hall–Kier alpha value is -2.68. The number of nitrogens with zero attached hydrogens (tertiary/aromatic N) is 6. The quantitative estimate of drug-likeness (QED) is 0.629. The molecule has 3 rings (SSSR count). The molecular formula is C14H20N8O. The van der Waals surface area contributed by atoms with Crippen molar-refractivity contribution in [3.8, 4) is 0 Å². The van der Waals surface area contributed by atoms with Crippen molar-refractivity contribution in [3.05, 3.63) is 18.6 Å². The molecule has 3 aromatic heterocycles. The van der Waals surface area contributed by atoms with Crippen molar-refractivity contribution in [2.75, 3.05) is 23.8 Å². The minimum Gasteiger partial charge on any atom is -0.395 e. The van der Waals surface area contributed by atoms with Gasteiger partial charge in [0.25, 0.3) is 0 Å². The minimum absolute atomic E-state index is 0.0243. The molecule has 3 heterocycles. The molecule has 0 saturated heterocycles. The van der Waals surface area contributed by atoms with Gasteiger partial charge in [0, 0.05) is 25.7 Å². The second kappa shape index (κ2) is 6.21. The van der Waals surface area contributed by atoms with Gasteiger partial charge in [-0.25, -0.2) is 15.0 Å². The van der Waals surface area contributed by atoms with Crippen LogP contribution in [0.2, 0.25) is 0 Å². The maximum Gasteiger partial charge on any atom is 0.211 e. The second-order valence-corrected chi connectivity index (χ2v) is 5.41. The summed E-state index contributed by atoms with van der Waals surface area (Å²) in [6, 6.07) is 2.04. The fraction of sp³-hybridized carbons (Fsp3) is 0.429. The monoisotopic (exact) mass is 316 g/mol. The molecule has 0 amide bonds. The van der Waals surface area contributed by atoms with Gasteiger partial charge in [0.2, 0.25) is 5.95 Å². The Labute approximate surface area is 133 Å². The third-order valence-corrected chi connectivity index (χ3v) is 3.46. The molecule has 3 N–H and O–H groups in total. The molecule has 0 saturated carbocycles. The van der Waals surface area contributed by atoms with Gasteiger partial charge in [-0.1, -0.05) is 0 Å². The molecule has 0 atom stereocenters. The molecule has 0 aliphatic heterocycles. The molecule has 9 heteroatoms. The number of anilines is 3. The summed E-state index contributed by atoms with van der Waals surface area (Å²) in [4.78, 5) is 13.2. The van der Waals surface area contributed by atoms with Gasteiger partial charge in [0.05, 0.1) is 12.8 Å². The molecule has 0 aliphatic rings. The lowest BCUT2D eigenvalue weighted by molar-refractivity contribution is 0.311. The molecule has 122 valence electrons. The maximum absolute atomic E-state index is 9.00. The van der Waals surface area contributed by atoms with E-state index in [1.54, 1.807) is 10.9 Å². The first-order valence-electron chi connectivity index (χ1n) is 7.44. The van der Waals surface area contributed by atoms with E-state index in [0.29, 0.717) is 23.8 Å². The van der Waals surface area contributed by atoms with Crippen LogP contribution in [0.4, 0.5) is 17.6 Å². The molecule has 0 radical (unpaired) electrons. The number of fused-ring (bicyclic) bond motifs is 1. The van der Waals surface area contributed by atoms with E-state index >= 15 is 0 Å². The van der Waals surface area contributed by atoms with Crippen LogP contribution in [0.3, 0.4) is 0 Å². The van der Waals surface area contributed by atoms with Gasteiger partial charge in [-0.2, -0.15) is 5.10 Å². The molecule has 0 spiro atoms. The average molecular weight is 316 g/mol. The van der Waals surface area contributed by atoms with E-state index in [1.807, 2.05) is 17.7 Å². The number of imidazole rings is 1. The van der Waals surface area contributed by atoms with E-state index in [0.717, 1.165) is 11.5 Å². The normalized spacial score (nSPS) is 11.3. The van der Waals surface area contributed by atoms with E-state index in [-0.39, 0.29) is 12.6 Å². The molecule has 0 aromatic carbocycles.